The molecule has 214 valence electrons. The zero-order valence-electron chi connectivity index (χ0n) is 23.2. The van der Waals surface area contributed by atoms with Crippen molar-refractivity contribution in [2.75, 3.05) is 53.5 Å². The number of hydrogen-bond acceptors (Lipinski definition) is 5. The van der Waals surface area contributed by atoms with Crippen molar-refractivity contribution in [2.24, 2.45) is 11.8 Å². The Balaban J connectivity index is 1.63. The molecule has 1 aromatic rings. The SMILES string of the molecule is CNC[C@H](C[C@H]1CCC(C)(C)OC1)NC(=O)N1CCC[C@@H](C(OCCN(C)C(=O)O)c2cccc(F)c2)C1. The highest BCUT2D eigenvalue weighted by atomic mass is 19.1. The maximum atomic E-state index is 14.1. The molecule has 1 aromatic carbocycles. The summed E-state index contributed by atoms with van der Waals surface area (Å²) in [6, 6.07) is 6.21. The van der Waals surface area contributed by atoms with Crippen LogP contribution in [0.15, 0.2) is 24.3 Å². The van der Waals surface area contributed by atoms with Crippen LogP contribution in [0.1, 0.15) is 57.6 Å². The summed E-state index contributed by atoms with van der Waals surface area (Å²) in [5, 5.41) is 15.6. The number of likely N-dealkylation sites (tertiary alicyclic amines) is 1. The number of rotatable bonds is 11. The Labute approximate surface area is 226 Å². The van der Waals surface area contributed by atoms with Crippen LogP contribution in [0.3, 0.4) is 0 Å². The lowest BCUT2D eigenvalue weighted by Crippen LogP contribution is -2.52. The minimum atomic E-state index is -1.03. The van der Waals surface area contributed by atoms with Gasteiger partial charge in [0.25, 0.3) is 0 Å². The number of piperidine rings is 1. The van der Waals surface area contributed by atoms with Gasteiger partial charge in [-0.2, -0.15) is 0 Å². The van der Waals surface area contributed by atoms with E-state index in [4.69, 9.17) is 14.6 Å². The van der Waals surface area contributed by atoms with Crippen LogP contribution in [-0.2, 0) is 9.47 Å². The van der Waals surface area contributed by atoms with Crippen LogP contribution in [0, 0.1) is 17.7 Å². The van der Waals surface area contributed by atoms with Crippen molar-refractivity contribution in [2.45, 2.75) is 63.7 Å². The lowest BCUT2D eigenvalue weighted by Gasteiger charge is -2.39. The summed E-state index contributed by atoms with van der Waals surface area (Å²) in [4.78, 5) is 27.5. The standard InChI is InChI=1S/C28H45FN4O5/c1-28(2)11-10-20(19-38-28)15-24(17-30-3)31-26(34)33-12-6-8-22(18-33)25(21-7-5-9-23(29)16-21)37-14-13-32(4)27(35)36/h5,7,9,16,20,22,24-25,30H,6,8,10-15,17-19H2,1-4H3,(H,31,34)(H,35,36)/t20-,22-,24+,25?/m1/s1. The molecule has 1 unspecified atom stereocenters. The van der Waals surface area contributed by atoms with Crippen LogP contribution >= 0.6 is 0 Å². The van der Waals surface area contributed by atoms with Gasteiger partial charge in [0.1, 0.15) is 5.82 Å². The van der Waals surface area contributed by atoms with Crippen molar-refractivity contribution < 1.29 is 28.6 Å². The van der Waals surface area contributed by atoms with Crippen LogP contribution in [-0.4, -0.2) is 92.2 Å². The third kappa shape index (κ3) is 9.10. The highest BCUT2D eigenvalue weighted by molar-refractivity contribution is 5.74. The molecular weight excluding hydrogens is 491 g/mol. The number of likely N-dealkylation sites (N-methyl/N-ethyl adjacent to an activating group) is 2. The highest BCUT2D eigenvalue weighted by Gasteiger charge is 2.33. The van der Waals surface area contributed by atoms with Gasteiger partial charge < -0.3 is 35.0 Å². The van der Waals surface area contributed by atoms with Gasteiger partial charge in [-0.1, -0.05) is 12.1 Å². The number of ether oxygens (including phenoxy) is 2. The van der Waals surface area contributed by atoms with Crippen LogP contribution in [0.2, 0.25) is 0 Å². The lowest BCUT2D eigenvalue weighted by atomic mass is 9.87. The van der Waals surface area contributed by atoms with Crippen molar-refractivity contribution in [1.82, 2.24) is 20.4 Å². The Morgan fingerprint density at radius 3 is 2.79 bits per heavy atom. The average molecular weight is 537 g/mol. The molecule has 38 heavy (non-hydrogen) atoms. The van der Waals surface area contributed by atoms with E-state index in [1.165, 1.54) is 19.2 Å². The van der Waals surface area contributed by atoms with Gasteiger partial charge in [-0.3, -0.25) is 0 Å². The molecule has 0 saturated carbocycles. The van der Waals surface area contributed by atoms with Crippen molar-refractivity contribution in [3.8, 4) is 0 Å². The van der Waals surface area contributed by atoms with E-state index in [0.29, 0.717) is 37.7 Å². The maximum absolute atomic E-state index is 14.1. The molecule has 0 spiro atoms. The number of carbonyl (C=O) groups is 2. The molecule has 3 N–H and O–H groups in total. The van der Waals surface area contributed by atoms with E-state index in [1.54, 1.807) is 6.07 Å². The quantitative estimate of drug-likeness (QED) is 0.394. The molecule has 3 amide bonds. The minimum Gasteiger partial charge on any atom is -0.465 e. The molecule has 0 aromatic heterocycles. The topological polar surface area (TPSA) is 103 Å². The first-order valence-corrected chi connectivity index (χ1v) is 13.7. The Morgan fingerprint density at radius 2 is 2.13 bits per heavy atom. The van der Waals surface area contributed by atoms with E-state index in [-0.39, 0.29) is 42.6 Å². The van der Waals surface area contributed by atoms with E-state index < -0.39 is 12.2 Å². The molecular formula is C28H45FN4O5. The van der Waals surface area contributed by atoms with Gasteiger partial charge in [-0.25, -0.2) is 14.0 Å². The van der Waals surface area contributed by atoms with E-state index in [0.717, 1.165) is 37.0 Å². The summed E-state index contributed by atoms with van der Waals surface area (Å²) in [6.45, 7) is 7.13. The van der Waals surface area contributed by atoms with Gasteiger partial charge in [-0.05, 0) is 76.6 Å². The number of nitrogens with zero attached hydrogens (tertiary/aromatic N) is 2. The second-order valence-electron chi connectivity index (χ2n) is 11.3. The molecule has 0 aliphatic carbocycles. The second-order valence-corrected chi connectivity index (χ2v) is 11.3. The Kier molecular flexibility index (Phi) is 11.2. The monoisotopic (exact) mass is 536 g/mol. The molecule has 3 rings (SSSR count). The fraction of sp³-hybridized carbons (Fsp3) is 0.714. The van der Waals surface area contributed by atoms with E-state index >= 15 is 0 Å². The summed E-state index contributed by atoms with van der Waals surface area (Å²) < 4.78 is 26.2. The Bertz CT molecular complexity index is 907. The number of carboxylic acid groups (broad SMARTS) is 1. The van der Waals surface area contributed by atoms with E-state index in [2.05, 4.69) is 24.5 Å². The lowest BCUT2D eigenvalue weighted by molar-refractivity contribution is -0.0792. The highest BCUT2D eigenvalue weighted by Crippen LogP contribution is 2.34. The smallest absolute Gasteiger partial charge is 0.407 e. The van der Waals surface area contributed by atoms with Crippen LogP contribution in [0.4, 0.5) is 14.0 Å². The van der Waals surface area contributed by atoms with Crippen molar-refractivity contribution in [3.63, 3.8) is 0 Å². The molecule has 0 radical (unpaired) electrons. The number of amides is 3. The van der Waals surface area contributed by atoms with Gasteiger partial charge in [0.2, 0.25) is 0 Å². The summed E-state index contributed by atoms with van der Waals surface area (Å²) in [5.74, 6) is 0.0165. The molecule has 4 atom stereocenters. The normalized spacial score (nSPS) is 22.9. The Hall–Kier alpha value is -2.43. The van der Waals surface area contributed by atoms with Gasteiger partial charge in [-0.15, -0.1) is 0 Å². The fourth-order valence-corrected chi connectivity index (χ4v) is 5.39. The predicted octanol–water partition coefficient (Wildman–Crippen LogP) is 4.10. The zero-order valence-corrected chi connectivity index (χ0v) is 23.2. The third-order valence-corrected chi connectivity index (χ3v) is 7.66. The number of hydrogen-bond donors (Lipinski definition) is 3. The molecule has 9 nitrogen and oxygen atoms in total. The first-order chi connectivity index (χ1) is 18.1. The van der Waals surface area contributed by atoms with Crippen LogP contribution < -0.4 is 10.6 Å². The van der Waals surface area contributed by atoms with E-state index in [1.807, 2.05) is 18.0 Å². The molecule has 2 saturated heterocycles. The fourth-order valence-electron chi connectivity index (χ4n) is 5.39. The number of carbonyl (C=O) groups excluding carboxylic acids is 1. The largest absolute Gasteiger partial charge is 0.465 e. The molecule has 10 heteroatoms. The molecule has 0 bridgehead atoms. The molecule has 2 aliphatic rings. The van der Waals surface area contributed by atoms with Crippen molar-refractivity contribution in [1.29, 1.82) is 0 Å². The average Bonchev–Trinajstić information content (AvgIpc) is 2.88. The van der Waals surface area contributed by atoms with Gasteiger partial charge in [0.05, 0.1) is 24.9 Å². The molecule has 2 fully saturated rings. The zero-order chi connectivity index (χ0) is 27.7. The predicted molar refractivity (Wildman–Crippen MR) is 144 cm³/mol. The number of halogens is 1. The molecule has 2 heterocycles. The third-order valence-electron chi connectivity index (χ3n) is 7.66. The minimum absolute atomic E-state index is 0.00971. The first kappa shape index (κ1) is 30.1. The summed E-state index contributed by atoms with van der Waals surface area (Å²) in [6.07, 6.45) is 3.11. The number of urea groups is 1. The summed E-state index contributed by atoms with van der Waals surface area (Å²) >= 11 is 0. The van der Waals surface area contributed by atoms with Gasteiger partial charge in [0, 0.05) is 45.2 Å². The molecule has 2 aliphatic heterocycles. The van der Waals surface area contributed by atoms with Crippen molar-refractivity contribution in [3.05, 3.63) is 35.6 Å². The van der Waals surface area contributed by atoms with Crippen molar-refractivity contribution >= 4 is 12.1 Å². The summed E-state index contributed by atoms with van der Waals surface area (Å²) in [7, 11) is 3.37. The van der Waals surface area contributed by atoms with E-state index in [9.17, 15) is 14.0 Å². The van der Waals surface area contributed by atoms with Gasteiger partial charge >= 0.3 is 12.1 Å². The summed E-state index contributed by atoms with van der Waals surface area (Å²) in [5.41, 5.74) is 0.619. The Morgan fingerprint density at radius 1 is 1.34 bits per heavy atom. The first-order valence-electron chi connectivity index (χ1n) is 13.7. The number of benzene rings is 1. The van der Waals surface area contributed by atoms with Crippen LogP contribution in [0.5, 0.6) is 0 Å². The number of nitrogens with one attached hydrogen (secondary N) is 2. The van der Waals surface area contributed by atoms with Gasteiger partial charge in [0.15, 0.2) is 0 Å². The second kappa shape index (κ2) is 14.1. The van der Waals surface area contributed by atoms with Crippen LogP contribution in [0.25, 0.3) is 0 Å². The maximum Gasteiger partial charge on any atom is 0.407 e.